The van der Waals surface area contributed by atoms with Crippen LogP contribution in [-0.4, -0.2) is 26.9 Å². The molecule has 0 aliphatic rings. The highest BCUT2D eigenvalue weighted by molar-refractivity contribution is 4.37. The lowest BCUT2D eigenvalue weighted by Crippen LogP contribution is -2.00. The summed E-state index contributed by atoms with van der Waals surface area (Å²) in [6.45, 7) is 4.77. The van der Waals surface area contributed by atoms with Gasteiger partial charge in [-0.15, -0.1) is 0 Å². The standard InChI is InChI=1S/C9H20O2/c1-3-4-5-8-11-9-6-7-10-2/h3-9H2,1-2H3. The van der Waals surface area contributed by atoms with Crippen molar-refractivity contribution in [1.82, 2.24) is 0 Å². The van der Waals surface area contributed by atoms with Gasteiger partial charge in [0.15, 0.2) is 0 Å². The van der Waals surface area contributed by atoms with Crippen LogP contribution in [0.25, 0.3) is 0 Å². The van der Waals surface area contributed by atoms with Crippen molar-refractivity contribution in [2.45, 2.75) is 32.6 Å². The van der Waals surface area contributed by atoms with E-state index in [2.05, 4.69) is 6.92 Å². The van der Waals surface area contributed by atoms with E-state index < -0.39 is 0 Å². The molecule has 0 radical (unpaired) electrons. The highest BCUT2D eigenvalue weighted by Crippen LogP contribution is 1.94. The third-order valence-corrected chi connectivity index (χ3v) is 1.53. The smallest absolute Gasteiger partial charge is 0.0487 e. The molecular formula is C9H20O2. The van der Waals surface area contributed by atoms with Gasteiger partial charge in [-0.3, -0.25) is 0 Å². The van der Waals surface area contributed by atoms with Gasteiger partial charge in [0.05, 0.1) is 0 Å². The number of hydrogen-bond donors (Lipinski definition) is 0. The first kappa shape index (κ1) is 10.9. The average Bonchev–Trinajstić information content (AvgIpc) is 2.03. The van der Waals surface area contributed by atoms with Crippen LogP contribution < -0.4 is 0 Å². The molecule has 0 spiro atoms. The Kier molecular flexibility index (Phi) is 9.85. The molecule has 0 aliphatic carbocycles. The lowest BCUT2D eigenvalue weighted by Gasteiger charge is -2.02. The molecule has 0 aromatic carbocycles. The molecule has 0 fully saturated rings. The lowest BCUT2D eigenvalue weighted by atomic mass is 10.3. The summed E-state index contributed by atoms with van der Waals surface area (Å²) >= 11 is 0. The summed E-state index contributed by atoms with van der Waals surface area (Å²) in [5.41, 5.74) is 0. The molecule has 0 amide bonds. The van der Waals surface area contributed by atoms with Gasteiger partial charge in [0, 0.05) is 26.9 Å². The van der Waals surface area contributed by atoms with Gasteiger partial charge in [-0.1, -0.05) is 19.8 Å². The van der Waals surface area contributed by atoms with E-state index in [9.17, 15) is 0 Å². The van der Waals surface area contributed by atoms with Crippen molar-refractivity contribution in [1.29, 1.82) is 0 Å². The van der Waals surface area contributed by atoms with E-state index in [1.165, 1.54) is 19.3 Å². The first-order valence-electron chi connectivity index (χ1n) is 4.48. The second-order valence-electron chi connectivity index (χ2n) is 2.67. The molecule has 0 bridgehead atoms. The first-order valence-corrected chi connectivity index (χ1v) is 4.48. The third kappa shape index (κ3) is 9.92. The molecule has 0 unspecified atom stereocenters. The minimum absolute atomic E-state index is 0.813. The van der Waals surface area contributed by atoms with Crippen molar-refractivity contribution in [3.8, 4) is 0 Å². The van der Waals surface area contributed by atoms with Gasteiger partial charge in [-0.2, -0.15) is 0 Å². The van der Waals surface area contributed by atoms with E-state index in [-0.39, 0.29) is 0 Å². The van der Waals surface area contributed by atoms with Gasteiger partial charge >= 0.3 is 0 Å². The Labute approximate surface area is 69.9 Å². The van der Waals surface area contributed by atoms with Gasteiger partial charge in [0.25, 0.3) is 0 Å². The van der Waals surface area contributed by atoms with Crippen molar-refractivity contribution in [2.75, 3.05) is 26.9 Å². The maximum Gasteiger partial charge on any atom is 0.0487 e. The molecule has 11 heavy (non-hydrogen) atoms. The topological polar surface area (TPSA) is 18.5 Å². The summed E-state index contributed by atoms with van der Waals surface area (Å²) < 4.78 is 10.2. The molecule has 2 heteroatoms. The van der Waals surface area contributed by atoms with E-state index in [1.807, 2.05) is 0 Å². The van der Waals surface area contributed by atoms with Crippen molar-refractivity contribution in [2.24, 2.45) is 0 Å². The Balaban J connectivity index is 2.69. The Morgan fingerprint density at radius 1 is 0.909 bits per heavy atom. The third-order valence-electron chi connectivity index (χ3n) is 1.53. The average molecular weight is 160 g/mol. The van der Waals surface area contributed by atoms with Crippen LogP contribution >= 0.6 is 0 Å². The summed E-state index contributed by atoms with van der Waals surface area (Å²) in [5, 5.41) is 0. The minimum Gasteiger partial charge on any atom is -0.385 e. The summed E-state index contributed by atoms with van der Waals surface area (Å²) in [7, 11) is 1.72. The largest absolute Gasteiger partial charge is 0.385 e. The maximum absolute atomic E-state index is 5.36. The van der Waals surface area contributed by atoms with Crippen LogP contribution in [0.3, 0.4) is 0 Å². The molecular weight excluding hydrogens is 140 g/mol. The maximum atomic E-state index is 5.36. The summed E-state index contributed by atoms with van der Waals surface area (Å²) in [5.74, 6) is 0. The number of hydrogen-bond acceptors (Lipinski definition) is 2. The normalized spacial score (nSPS) is 10.4. The van der Waals surface area contributed by atoms with Crippen LogP contribution in [0, 0.1) is 0 Å². The highest BCUT2D eigenvalue weighted by atomic mass is 16.5. The van der Waals surface area contributed by atoms with Gasteiger partial charge in [0.1, 0.15) is 0 Å². The van der Waals surface area contributed by atoms with Crippen LogP contribution in [0.1, 0.15) is 32.6 Å². The van der Waals surface area contributed by atoms with E-state index in [0.29, 0.717) is 0 Å². The van der Waals surface area contributed by atoms with Crippen LogP contribution in [0.2, 0.25) is 0 Å². The predicted octanol–water partition coefficient (Wildman–Crippen LogP) is 2.23. The highest BCUT2D eigenvalue weighted by Gasteiger charge is 1.88. The lowest BCUT2D eigenvalue weighted by molar-refractivity contribution is 0.100. The van der Waals surface area contributed by atoms with Crippen LogP contribution in [0.5, 0.6) is 0 Å². The van der Waals surface area contributed by atoms with Gasteiger partial charge in [0.2, 0.25) is 0 Å². The molecule has 2 nitrogen and oxygen atoms in total. The molecule has 0 heterocycles. The van der Waals surface area contributed by atoms with E-state index in [0.717, 1.165) is 26.2 Å². The molecule has 0 atom stereocenters. The van der Waals surface area contributed by atoms with Crippen molar-refractivity contribution in [3.63, 3.8) is 0 Å². The summed E-state index contributed by atoms with van der Waals surface area (Å²) in [6, 6.07) is 0. The zero-order valence-electron chi connectivity index (χ0n) is 7.77. The molecule has 0 rings (SSSR count). The minimum atomic E-state index is 0.813. The zero-order chi connectivity index (χ0) is 8.36. The Morgan fingerprint density at radius 2 is 1.64 bits per heavy atom. The van der Waals surface area contributed by atoms with E-state index in [4.69, 9.17) is 9.47 Å². The molecule has 0 aromatic heterocycles. The zero-order valence-corrected chi connectivity index (χ0v) is 7.77. The van der Waals surface area contributed by atoms with Gasteiger partial charge in [-0.05, 0) is 12.8 Å². The fourth-order valence-electron chi connectivity index (χ4n) is 0.862. The molecule has 68 valence electrons. The van der Waals surface area contributed by atoms with E-state index in [1.54, 1.807) is 7.11 Å². The van der Waals surface area contributed by atoms with Gasteiger partial charge in [-0.25, -0.2) is 0 Å². The predicted molar refractivity (Wildman–Crippen MR) is 46.8 cm³/mol. The van der Waals surface area contributed by atoms with Crippen molar-refractivity contribution >= 4 is 0 Å². The second-order valence-corrected chi connectivity index (χ2v) is 2.67. The molecule has 0 saturated carbocycles. The number of rotatable bonds is 8. The van der Waals surface area contributed by atoms with Crippen LogP contribution in [0.4, 0.5) is 0 Å². The summed E-state index contributed by atoms with van der Waals surface area (Å²) in [6.07, 6.45) is 4.76. The Bertz CT molecular complexity index is 56.6. The number of methoxy groups -OCH3 is 1. The fraction of sp³-hybridized carbons (Fsp3) is 1.00. The number of ether oxygens (including phenoxy) is 2. The van der Waals surface area contributed by atoms with Crippen molar-refractivity contribution in [3.05, 3.63) is 0 Å². The molecule has 0 aromatic rings. The number of unbranched alkanes of at least 4 members (excludes halogenated alkanes) is 2. The summed E-state index contributed by atoms with van der Waals surface area (Å²) in [4.78, 5) is 0. The Hall–Kier alpha value is -0.0800. The quantitative estimate of drug-likeness (QED) is 0.507. The van der Waals surface area contributed by atoms with Crippen LogP contribution in [-0.2, 0) is 9.47 Å². The Morgan fingerprint density at radius 3 is 2.27 bits per heavy atom. The molecule has 0 N–H and O–H groups in total. The first-order chi connectivity index (χ1) is 5.41. The van der Waals surface area contributed by atoms with E-state index >= 15 is 0 Å². The van der Waals surface area contributed by atoms with Crippen molar-refractivity contribution < 1.29 is 9.47 Å². The fourth-order valence-corrected chi connectivity index (χ4v) is 0.862. The monoisotopic (exact) mass is 160 g/mol. The van der Waals surface area contributed by atoms with Crippen LogP contribution in [0.15, 0.2) is 0 Å². The second kappa shape index (κ2) is 9.92. The molecule has 0 aliphatic heterocycles. The molecule has 0 saturated heterocycles. The van der Waals surface area contributed by atoms with Gasteiger partial charge < -0.3 is 9.47 Å². The SMILES string of the molecule is CCCCCOCCCOC.